The van der Waals surface area contributed by atoms with E-state index < -0.39 is 5.97 Å². The van der Waals surface area contributed by atoms with Crippen molar-refractivity contribution in [2.75, 3.05) is 12.3 Å². The molecule has 0 aromatic heterocycles. The van der Waals surface area contributed by atoms with Crippen molar-refractivity contribution in [3.8, 4) is 0 Å². The number of rotatable bonds is 5. The van der Waals surface area contributed by atoms with Crippen LogP contribution in [0.1, 0.15) is 12.8 Å². The molecule has 2 fully saturated rings. The molecular formula is C10H18BNO3S. The molecule has 16 heavy (non-hydrogen) atoms. The van der Waals surface area contributed by atoms with E-state index in [2.05, 4.69) is 5.32 Å². The molecule has 0 aromatic carbocycles. The van der Waals surface area contributed by atoms with Gasteiger partial charge in [0.05, 0.1) is 0 Å². The van der Waals surface area contributed by atoms with Crippen molar-refractivity contribution in [1.82, 2.24) is 5.32 Å². The third-order valence-electron chi connectivity index (χ3n) is 3.79. The van der Waals surface area contributed by atoms with Gasteiger partial charge in [0.1, 0.15) is 6.04 Å². The van der Waals surface area contributed by atoms with Gasteiger partial charge in [-0.25, -0.2) is 0 Å². The first-order valence-corrected chi connectivity index (χ1v) is 6.87. The first kappa shape index (κ1) is 12.3. The lowest BCUT2D eigenvalue weighted by Gasteiger charge is -2.46. The fourth-order valence-electron chi connectivity index (χ4n) is 2.81. The molecule has 6 heteroatoms. The van der Waals surface area contributed by atoms with Crippen LogP contribution in [-0.4, -0.2) is 46.6 Å². The molecule has 3 N–H and O–H groups in total. The summed E-state index contributed by atoms with van der Waals surface area (Å²) < 4.78 is 0. The summed E-state index contributed by atoms with van der Waals surface area (Å²) in [7, 11) is 0. The van der Waals surface area contributed by atoms with Crippen LogP contribution in [0.2, 0.25) is 13.1 Å². The molecule has 3 atom stereocenters. The number of hydrogen-bond donors (Lipinski definition) is 3. The van der Waals surface area contributed by atoms with E-state index in [0.29, 0.717) is 5.25 Å². The number of thioether (sulfide) groups is 1. The standard InChI is InChI=1S/C10H18BNO3S/c1-11(15)4-2-3-10-6-16-7(10)5-12-8(10)9(13)14/h7-8,12,15H,2-6H2,1H3,(H,13,14)/t7-,8+,10-/m0/s1. The van der Waals surface area contributed by atoms with Crippen LogP contribution in [0.5, 0.6) is 0 Å². The second-order valence-electron chi connectivity index (χ2n) is 4.95. The Balaban J connectivity index is 1.95. The molecule has 0 aromatic rings. The maximum atomic E-state index is 11.2. The fraction of sp³-hybridized carbons (Fsp3) is 0.900. The number of aliphatic carboxylic acids is 1. The van der Waals surface area contributed by atoms with Gasteiger partial charge in [0, 0.05) is 23.0 Å². The summed E-state index contributed by atoms with van der Waals surface area (Å²) in [5.74, 6) is 0.224. The average molecular weight is 243 g/mol. The summed E-state index contributed by atoms with van der Waals surface area (Å²) >= 11 is 1.87. The first-order valence-electron chi connectivity index (χ1n) is 5.82. The molecule has 0 aliphatic carbocycles. The minimum atomic E-state index is -0.722. The predicted octanol–water partition coefficient (Wildman–Crippen LogP) is 0.538. The maximum Gasteiger partial charge on any atom is 0.321 e. The Morgan fingerprint density at radius 1 is 1.69 bits per heavy atom. The summed E-state index contributed by atoms with van der Waals surface area (Å²) in [6.07, 6.45) is 2.60. The Morgan fingerprint density at radius 3 is 2.94 bits per heavy atom. The second-order valence-corrected chi connectivity index (χ2v) is 6.14. The summed E-state index contributed by atoms with van der Waals surface area (Å²) in [6, 6.07) is -0.382. The van der Waals surface area contributed by atoms with Crippen molar-refractivity contribution in [2.45, 2.75) is 37.3 Å². The van der Waals surface area contributed by atoms with Crippen LogP contribution in [-0.2, 0) is 4.79 Å². The van der Waals surface area contributed by atoms with Crippen molar-refractivity contribution in [3.05, 3.63) is 0 Å². The molecule has 0 unspecified atom stereocenters. The molecule has 2 heterocycles. The highest BCUT2D eigenvalue weighted by atomic mass is 32.2. The SMILES string of the molecule is CB(O)CCC[C@]12CS[C@H]1CN[C@@H]2C(=O)O. The van der Waals surface area contributed by atoms with Gasteiger partial charge in [-0.2, -0.15) is 11.8 Å². The molecule has 0 radical (unpaired) electrons. The second kappa shape index (κ2) is 4.59. The van der Waals surface area contributed by atoms with Crippen molar-refractivity contribution in [1.29, 1.82) is 0 Å². The van der Waals surface area contributed by atoms with Gasteiger partial charge in [-0.1, -0.05) is 13.2 Å². The highest BCUT2D eigenvalue weighted by Gasteiger charge is 2.58. The number of fused-ring (bicyclic) bond motifs is 1. The van der Waals surface area contributed by atoms with Gasteiger partial charge in [0.15, 0.2) is 0 Å². The van der Waals surface area contributed by atoms with E-state index in [0.717, 1.165) is 31.5 Å². The van der Waals surface area contributed by atoms with Crippen molar-refractivity contribution in [3.63, 3.8) is 0 Å². The Labute approximate surface area is 100 Å². The Hall–Kier alpha value is -0.195. The van der Waals surface area contributed by atoms with Gasteiger partial charge in [-0.15, -0.1) is 0 Å². The number of carbonyl (C=O) groups is 1. The Bertz CT molecular complexity index is 289. The molecular weight excluding hydrogens is 225 g/mol. The third kappa shape index (κ3) is 1.98. The number of carboxylic acids is 1. The number of carboxylic acid groups (broad SMARTS) is 1. The lowest BCUT2D eigenvalue weighted by Crippen LogP contribution is -2.52. The largest absolute Gasteiger partial charge is 0.480 e. The molecule has 0 spiro atoms. The smallest absolute Gasteiger partial charge is 0.321 e. The first-order chi connectivity index (χ1) is 7.56. The van der Waals surface area contributed by atoms with E-state index in [1.165, 1.54) is 0 Å². The van der Waals surface area contributed by atoms with Gasteiger partial charge < -0.3 is 15.4 Å². The van der Waals surface area contributed by atoms with Crippen LogP contribution in [0.25, 0.3) is 0 Å². The zero-order chi connectivity index (χ0) is 11.8. The quantitative estimate of drug-likeness (QED) is 0.615. The van der Waals surface area contributed by atoms with Crippen LogP contribution >= 0.6 is 11.8 Å². The third-order valence-corrected chi connectivity index (χ3v) is 5.53. The molecule has 2 saturated heterocycles. The van der Waals surface area contributed by atoms with Crippen LogP contribution in [0.15, 0.2) is 0 Å². The van der Waals surface area contributed by atoms with Gasteiger partial charge in [0.25, 0.3) is 6.92 Å². The van der Waals surface area contributed by atoms with Crippen LogP contribution in [0.3, 0.4) is 0 Å². The predicted molar refractivity (Wildman–Crippen MR) is 66.0 cm³/mol. The monoisotopic (exact) mass is 243 g/mol. The molecule has 2 aliphatic heterocycles. The summed E-state index contributed by atoms with van der Waals surface area (Å²) in [4.78, 5) is 11.2. The molecule has 2 rings (SSSR count). The van der Waals surface area contributed by atoms with Crippen molar-refractivity contribution < 1.29 is 14.9 Å². The molecule has 0 amide bonds. The zero-order valence-electron chi connectivity index (χ0n) is 9.48. The molecule has 0 saturated carbocycles. The normalized spacial score (nSPS) is 36.6. The van der Waals surface area contributed by atoms with E-state index in [4.69, 9.17) is 0 Å². The van der Waals surface area contributed by atoms with E-state index >= 15 is 0 Å². The maximum absolute atomic E-state index is 11.2. The summed E-state index contributed by atoms with van der Waals surface area (Å²) in [6.45, 7) is 2.32. The van der Waals surface area contributed by atoms with Gasteiger partial charge in [-0.3, -0.25) is 4.79 Å². The van der Waals surface area contributed by atoms with E-state index in [1.54, 1.807) is 6.82 Å². The minimum Gasteiger partial charge on any atom is -0.480 e. The Kier molecular flexibility index (Phi) is 3.52. The van der Waals surface area contributed by atoms with Crippen molar-refractivity contribution >= 4 is 24.6 Å². The highest BCUT2D eigenvalue weighted by molar-refractivity contribution is 8.01. The zero-order valence-corrected chi connectivity index (χ0v) is 10.3. The highest BCUT2D eigenvalue weighted by Crippen LogP contribution is 2.54. The molecule has 4 nitrogen and oxygen atoms in total. The van der Waals surface area contributed by atoms with Gasteiger partial charge >= 0.3 is 5.97 Å². The van der Waals surface area contributed by atoms with Crippen LogP contribution in [0, 0.1) is 5.41 Å². The number of nitrogens with one attached hydrogen (secondary N) is 1. The van der Waals surface area contributed by atoms with Gasteiger partial charge in [0.2, 0.25) is 0 Å². The van der Waals surface area contributed by atoms with Crippen LogP contribution in [0.4, 0.5) is 0 Å². The van der Waals surface area contributed by atoms with Crippen molar-refractivity contribution in [2.24, 2.45) is 5.41 Å². The molecule has 2 aliphatic rings. The van der Waals surface area contributed by atoms with E-state index in [-0.39, 0.29) is 18.4 Å². The number of hydrogen-bond acceptors (Lipinski definition) is 4. The van der Waals surface area contributed by atoms with E-state index in [1.807, 2.05) is 11.8 Å². The molecule has 0 bridgehead atoms. The fourth-order valence-corrected chi connectivity index (χ4v) is 4.42. The molecule has 90 valence electrons. The Morgan fingerprint density at radius 2 is 2.44 bits per heavy atom. The van der Waals surface area contributed by atoms with Crippen LogP contribution < -0.4 is 5.32 Å². The summed E-state index contributed by atoms with van der Waals surface area (Å²) in [5.41, 5.74) is -0.0502. The topological polar surface area (TPSA) is 69.6 Å². The lowest BCUT2D eigenvalue weighted by atomic mass is 9.65. The summed E-state index contributed by atoms with van der Waals surface area (Å²) in [5, 5.41) is 22.0. The average Bonchev–Trinajstić information content (AvgIpc) is 2.40. The van der Waals surface area contributed by atoms with E-state index in [9.17, 15) is 14.9 Å². The minimum absolute atomic E-state index is 0.0502. The lowest BCUT2D eigenvalue weighted by molar-refractivity contribution is -0.141. The van der Waals surface area contributed by atoms with Gasteiger partial charge in [-0.05, 0) is 12.7 Å².